The molecular formula is C14H25N3O4. The second-order valence-electron chi connectivity index (χ2n) is 6.22. The Morgan fingerprint density at radius 2 is 2.00 bits per heavy atom. The Hall–Kier alpha value is -1.63. The molecule has 120 valence electrons. The van der Waals surface area contributed by atoms with E-state index >= 15 is 0 Å². The van der Waals surface area contributed by atoms with Gasteiger partial charge >= 0.3 is 5.97 Å². The maximum absolute atomic E-state index is 11.8. The number of carbonyl (C=O) groups is 3. The van der Waals surface area contributed by atoms with Gasteiger partial charge in [0, 0.05) is 6.04 Å². The van der Waals surface area contributed by atoms with Crippen molar-refractivity contribution in [3.63, 3.8) is 0 Å². The predicted octanol–water partition coefficient (Wildman–Crippen LogP) is -0.154. The molecule has 1 rings (SSSR count). The number of rotatable bonds is 6. The monoisotopic (exact) mass is 299 g/mol. The molecule has 0 aromatic rings. The number of carboxylic acid groups (broad SMARTS) is 1. The molecule has 0 saturated heterocycles. The van der Waals surface area contributed by atoms with E-state index < -0.39 is 29.4 Å². The van der Waals surface area contributed by atoms with Crippen LogP contribution in [-0.2, 0) is 14.4 Å². The molecule has 3 atom stereocenters. The lowest BCUT2D eigenvalue weighted by atomic mass is 9.85. The first kappa shape index (κ1) is 17.4. The van der Waals surface area contributed by atoms with E-state index in [0.29, 0.717) is 12.8 Å². The van der Waals surface area contributed by atoms with Crippen molar-refractivity contribution in [2.75, 3.05) is 6.54 Å². The van der Waals surface area contributed by atoms with E-state index in [1.54, 1.807) is 6.92 Å². The molecule has 0 radical (unpaired) electrons. The summed E-state index contributed by atoms with van der Waals surface area (Å²) in [4.78, 5) is 34.8. The normalized spacial score (nSPS) is 26.4. The number of nitrogens with two attached hydrogens (primary N) is 1. The highest BCUT2D eigenvalue weighted by atomic mass is 16.4. The lowest BCUT2D eigenvalue weighted by molar-refractivity contribution is -0.149. The smallest absolute Gasteiger partial charge is 0.311 e. The third-order valence-corrected chi connectivity index (χ3v) is 4.23. The molecule has 5 N–H and O–H groups in total. The van der Waals surface area contributed by atoms with Gasteiger partial charge in [-0.05, 0) is 25.7 Å². The Kier molecular flexibility index (Phi) is 5.71. The maximum atomic E-state index is 11.8. The zero-order chi connectivity index (χ0) is 16.2. The Morgan fingerprint density at radius 1 is 1.38 bits per heavy atom. The molecule has 0 bridgehead atoms. The molecule has 0 spiro atoms. The van der Waals surface area contributed by atoms with Crippen molar-refractivity contribution in [3.05, 3.63) is 0 Å². The van der Waals surface area contributed by atoms with Gasteiger partial charge in [0.15, 0.2) is 0 Å². The molecule has 2 amide bonds. The zero-order valence-corrected chi connectivity index (χ0v) is 12.8. The van der Waals surface area contributed by atoms with Crippen LogP contribution >= 0.6 is 0 Å². The van der Waals surface area contributed by atoms with Gasteiger partial charge in [-0.2, -0.15) is 0 Å². The second-order valence-corrected chi connectivity index (χ2v) is 6.22. The van der Waals surface area contributed by atoms with Crippen molar-refractivity contribution in [2.45, 2.75) is 52.1 Å². The summed E-state index contributed by atoms with van der Waals surface area (Å²) in [7, 11) is 0. The molecule has 7 nitrogen and oxygen atoms in total. The van der Waals surface area contributed by atoms with Crippen molar-refractivity contribution >= 4 is 17.8 Å². The maximum Gasteiger partial charge on any atom is 0.311 e. The minimum absolute atomic E-state index is 0.0156. The third kappa shape index (κ3) is 4.17. The molecule has 2 unspecified atom stereocenters. The van der Waals surface area contributed by atoms with Crippen LogP contribution in [0.5, 0.6) is 0 Å². The van der Waals surface area contributed by atoms with Gasteiger partial charge in [-0.1, -0.05) is 20.3 Å². The molecule has 7 heteroatoms. The van der Waals surface area contributed by atoms with E-state index in [2.05, 4.69) is 10.6 Å². The Bertz CT molecular complexity index is 424. The van der Waals surface area contributed by atoms with Gasteiger partial charge in [-0.3, -0.25) is 14.4 Å². The van der Waals surface area contributed by atoms with Crippen molar-refractivity contribution in [1.29, 1.82) is 0 Å². The Morgan fingerprint density at radius 3 is 2.52 bits per heavy atom. The minimum atomic E-state index is -0.937. The van der Waals surface area contributed by atoms with Crippen molar-refractivity contribution in [3.8, 4) is 0 Å². The number of carbonyl (C=O) groups excluding carboxylic acids is 2. The first-order valence-electron chi connectivity index (χ1n) is 7.24. The van der Waals surface area contributed by atoms with Gasteiger partial charge in [0.05, 0.1) is 18.0 Å². The molecule has 21 heavy (non-hydrogen) atoms. The van der Waals surface area contributed by atoms with Gasteiger partial charge in [-0.25, -0.2) is 0 Å². The fraction of sp³-hybridized carbons (Fsp3) is 0.786. The van der Waals surface area contributed by atoms with Crippen LogP contribution in [0, 0.1) is 11.3 Å². The summed E-state index contributed by atoms with van der Waals surface area (Å²) >= 11 is 0. The third-order valence-electron chi connectivity index (χ3n) is 4.23. The molecule has 1 fully saturated rings. The van der Waals surface area contributed by atoms with E-state index in [9.17, 15) is 19.5 Å². The van der Waals surface area contributed by atoms with Crippen LogP contribution in [0.4, 0.5) is 0 Å². The van der Waals surface area contributed by atoms with Crippen LogP contribution < -0.4 is 16.4 Å². The van der Waals surface area contributed by atoms with Gasteiger partial charge in [-0.15, -0.1) is 0 Å². The summed E-state index contributed by atoms with van der Waals surface area (Å²) < 4.78 is 0. The van der Waals surface area contributed by atoms with Crippen LogP contribution in [-0.4, -0.2) is 41.5 Å². The molecule has 0 aromatic heterocycles. The standard InChI is InChI=1S/C14H25N3O4/c1-8(2)11(15)12(19)16-7-10(18)17-9-5-4-6-14(9,3)13(20)21/h8-9,11H,4-7,15H2,1-3H3,(H,16,19)(H,17,18)(H,20,21)/t9?,11-,14?/m0/s1. The summed E-state index contributed by atoms with van der Waals surface area (Å²) in [5.41, 5.74) is 4.73. The molecular weight excluding hydrogens is 274 g/mol. The first-order chi connectivity index (χ1) is 9.68. The van der Waals surface area contributed by atoms with Crippen LogP contribution in [0.25, 0.3) is 0 Å². The van der Waals surface area contributed by atoms with E-state index in [-0.39, 0.29) is 18.4 Å². The van der Waals surface area contributed by atoms with Crippen molar-refractivity contribution in [1.82, 2.24) is 10.6 Å². The second kappa shape index (κ2) is 6.89. The number of nitrogens with one attached hydrogen (secondary N) is 2. The Balaban J connectivity index is 2.48. The average Bonchev–Trinajstić information content (AvgIpc) is 2.77. The van der Waals surface area contributed by atoms with E-state index in [1.165, 1.54) is 0 Å². The highest BCUT2D eigenvalue weighted by Gasteiger charge is 2.45. The summed E-state index contributed by atoms with van der Waals surface area (Å²) in [6.07, 6.45) is 1.93. The van der Waals surface area contributed by atoms with Gasteiger partial charge in [0.1, 0.15) is 0 Å². The average molecular weight is 299 g/mol. The highest BCUT2D eigenvalue weighted by molar-refractivity contribution is 5.88. The lowest BCUT2D eigenvalue weighted by Gasteiger charge is -2.27. The predicted molar refractivity (Wildman–Crippen MR) is 77.3 cm³/mol. The minimum Gasteiger partial charge on any atom is -0.481 e. The number of amides is 2. The van der Waals surface area contributed by atoms with Crippen LogP contribution in [0.2, 0.25) is 0 Å². The van der Waals surface area contributed by atoms with E-state index in [4.69, 9.17) is 5.73 Å². The van der Waals surface area contributed by atoms with Gasteiger partial charge in [0.25, 0.3) is 0 Å². The molecule has 1 aliphatic rings. The van der Waals surface area contributed by atoms with E-state index in [0.717, 1.165) is 6.42 Å². The molecule has 0 heterocycles. The number of hydrogen-bond donors (Lipinski definition) is 4. The molecule has 1 aliphatic carbocycles. The van der Waals surface area contributed by atoms with E-state index in [1.807, 2.05) is 13.8 Å². The lowest BCUT2D eigenvalue weighted by Crippen LogP contribution is -2.51. The first-order valence-corrected chi connectivity index (χ1v) is 7.24. The number of aliphatic carboxylic acids is 1. The molecule has 0 aliphatic heterocycles. The molecule has 1 saturated carbocycles. The fourth-order valence-corrected chi connectivity index (χ4v) is 2.49. The summed E-state index contributed by atoms with van der Waals surface area (Å²) in [5, 5.41) is 14.4. The van der Waals surface area contributed by atoms with Crippen LogP contribution in [0.3, 0.4) is 0 Å². The molecule has 0 aromatic carbocycles. The topological polar surface area (TPSA) is 122 Å². The van der Waals surface area contributed by atoms with Gasteiger partial charge < -0.3 is 21.5 Å². The quantitative estimate of drug-likeness (QED) is 0.543. The van der Waals surface area contributed by atoms with Crippen molar-refractivity contribution < 1.29 is 19.5 Å². The van der Waals surface area contributed by atoms with Crippen LogP contribution in [0.15, 0.2) is 0 Å². The van der Waals surface area contributed by atoms with Crippen molar-refractivity contribution in [2.24, 2.45) is 17.1 Å². The number of carboxylic acids is 1. The summed E-state index contributed by atoms with van der Waals surface area (Å²) in [6.45, 7) is 5.09. The zero-order valence-electron chi connectivity index (χ0n) is 12.8. The summed E-state index contributed by atoms with van der Waals surface area (Å²) in [6, 6.07) is -1.06. The fourth-order valence-electron chi connectivity index (χ4n) is 2.49. The SMILES string of the molecule is CC(C)[C@H](N)C(=O)NCC(=O)NC1CCCC1(C)C(=O)O. The van der Waals surface area contributed by atoms with Gasteiger partial charge in [0.2, 0.25) is 11.8 Å². The largest absolute Gasteiger partial charge is 0.481 e. The highest BCUT2D eigenvalue weighted by Crippen LogP contribution is 2.38. The number of hydrogen-bond acceptors (Lipinski definition) is 4. The summed E-state index contributed by atoms with van der Waals surface area (Å²) in [5.74, 6) is -1.69. The Labute approximate surface area is 124 Å². The van der Waals surface area contributed by atoms with Crippen LogP contribution in [0.1, 0.15) is 40.0 Å².